The molecule has 0 aliphatic rings. The van der Waals surface area contributed by atoms with Gasteiger partial charge in [-0.1, -0.05) is 18.2 Å². The topological polar surface area (TPSA) is 73.6 Å². The molecule has 0 aliphatic carbocycles. The van der Waals surface area contributed by atoms with Crippen LogP contribution >= 0.6 is 0 Å². The van der Waals surface area contributed by atoms with E-state index in [-0.39, 0.29) is 11.4 Å². The van der Waals surface area contributed by atoms with E-state index in [2.05, 4.69) is 5.32 Å². The van der Waals surface area contributed by atoms with Crippen LogP contribution in [0.3, 0.4) is 0 Å². The molecule has 0 amide bonds. The lowest BCUT2D eigenvalue weighted by molar-refractivity contribution is -0.385. The normalized spacial score (nSPS) is 10.2. The van der Waals surface area contributed by atoms with E-state index in [0.29, 0.717) is 18.0 Å². The minimum Gasteiger partial charge on any atom is -0.490 e. The number of ether oxygens (including phenoxy) is 2. The molecule has 0 bridgehead atoms. The number of para-hydroxylation sites is 1. The Morgan fingerprint density at radius 1 is 1.19 bits per heavy atom. The van der Waals surface area contributed by atoms with Crippen LogP contribution in [0.4, 0.5) is 5.69 Å². The summed E-state index contributed by atoms with van der Waals surface area (Å²) in [6, 6.07) is 12.0. The van der Waals surface area contributed by atoms with Gasteiger partial charge in [0.05, 0.1) is 12.0 Å². The molecular formula is C15H16N2O4. The molecule has 0 aliphatic heterocycles. The molecule has 21 heavy (non-hydrogen) atoms. The standard InChI is InChI=1S/C15H16N2O4/c1-16-10-11-5-3-4-6-14(11)21-12-7-8-13(17(18)19)15(9-12)20-2/h3-9,16H,10H2,1-2H3. The monoisotopic (exact) mass is 288 g/mol. The number of nitro groups is 1. The second-order valence-electron chi connectivity index (χ2n) is 4.33. The molecule has 0 saturated carbocycles. The maximum atomic E-state index is 10.9. The van der Waals surface area contributed by atoms with Crippen molar-refractivity contribution in [1.82, 2.24) is 5.32 Å². The number of hydrogen-bond donors (Lipinski definition) is 1. The van der Waals surface area contributed by atoms with Crippen molar-refractivity contribution in [3.05, 3.63) is 58.1 Å². The fourth-order valence-corrected chi connectivity index (χ4v) is 1.94. The molecule has 0 fully saturated rings. The molecular weight excluding hydrogens is 272 g/mol. The third-order valence-electron chi connectivity index (χ3n) is 2.92. The van der Waals surface area contributed by atoms with Gasteiger partial charge in [0.15, 0.2) is 0 Å². The molecule has 0 aromatic heterocycles. The van der Waals surface area contributed by atoms with Crippen LogP contribution in [0.15, 0.2) is 42.5 Å². The maximum absolute atomic E-state index is 10.9. The first-order valence-corrected chi connectivity index (χ1v) is 6.38. The third-order valence-corrected chi connectivity index (χ3v) is 2.92. The number of hydrogen-bond acceptors (Lipinski definition) is 5. The molecule has 0 atom stereocenters. The average molecular weight is 288 g/mol. The van der Waals surface area contributed by atoms with Crippen LogP contribution in [0.2, 0.25) is 0 Å². The molecule has 2 rings (SSSR count). The summed E-state index contributed by atoms with van der Waals surface area (Å²) >= 11 is 0. The second kappa shape index (κ2) is 6.71. The summed E-state index contributed by atoms with van der Waals surface area (Å²) in [6.07, 6.45) is 0. The van der Waals surface area contributed by atoms with Gasteiger partial charge in [-0.05, 0) is 19.2 Å². The van der Waals surface area contributed by atoms with Crippen LogP contribution in [0.25, 0.3) is 0 Å². The molecule has 0 saturated heterocycles. The number of benzene rings is 2. The van der Waals surface area contributed by atoms with Gasteiger partial charge in [-0.3, -0.25) is 10.1 Å². The zero-order valence-corrected chi connectivity index (χ0v) is 11.8. The predicted octanol–water partition coefficient (Wildman–Crippen LogP) is 3.12. The molecule has 0 unspecified atom stereocenters. The summed E-state index contributed by atoms with van der Waals surface area (Å²) in [6.45, 7) is 0.667. The summed E-state index contributed by atoms with van der Waals surface area (Å²) in [5, 5.41) is 13.9. The van der Waals surface area contributed by atoms with Crippen LogP contribution in [0.5, 0.6) is 17.2 Å². The van der Waals surface area contributed by atoms with Crippen molar-refractivity contribution in [3.8, 4) is 17.2 Å². The zero-order valence-electron chi connectivity index (χ0n) is 11.8. The maximum Gasteiger partial charge on any atom is 0.311 e. The predicted molar refractivity (Wildman–Crippen MR) is 78.9 cm³/mol. The second-order valence-corrected chi connectivity index (χ2v) is 4.33. The van der Waals surface area contributed by atoms with Gasteiger partial charge in [0.25, 0.3) is 0 Å². The van der Waals surface area contributed by atoms with Crippen LogP contribution in [-0.2, 0) is 6.54 Å². The van der Waals surface area contributed by atoms with Crippen molar-refractivity contribution in [3.63, 3.8) is 0 Å². The van der Waals surface area contributed by atoms with Gasteiger partial charge in [0.2, 0.25) is 5.75 Å². The van der Waals surface area contributed by atoms with E-state index >= 15 is 0 Å². The van der Waals surface area contributed by atoms with E-state index in [1.165, 1.54) is 19.2 Å². The first-order valence-electron chi connectivity index (χ1n) is 6.38. The van der Waals surface area contributed by atoms with Gasteiger partial charge >= 0.3 is 5.69 Å². The Morgan fingerprint density at radius 3 is 2.62 bits per heavy atom. The van der Waals surface area contributed by atoms with Crippen molar-refractivity contribution in [1.29, 1.82) is 0 Å². The van der Waals surface area contributed by atoms with Gasteiger partial charge in [-0.25, -0.2) is 0 Å². The Morgan fingerprint density at radius 2 is 1.95 bits per heavy atom. The van der Waals surface area contributed by atoms with Gasteiger partial charge in [-0.15, -0.1) is 0 Å². The Balaban J connectivity index is 2.30. The molecule has 6 nitrogen and oxygen atoms in total. The minimum atomic E-state index is -0.489. The first kappa shape index (κ1) is 14.8. The Labute approximate surface area is 122 Å². The quantitative estimate of drug-likeness (QED) is 0.653. The van der Waals surface area contributed by atoms with Crippen LogP contribution < -0.4 is 14.8 Å². The summed E-state index contributed by atoms with van der Waals surface area (Å²) in [4.78, 5) is 10.4. The molecule has 0 heterocycles. The minimum absolute atomic E-state index is 0.0895. The number of nitrogens with one attached hydrogen (secondary N) is 1. The number of nitro benzene ring substituents is 1. The van der Waals surface area contributed by atoms with Crippen molar-refractivity contribution in [2.45, 2.75) is 6.54 Å². The molecule has 2 aromatic carbocycles. The molecule has 2 aromatic rings. The lowest BCUT2D eigenvalue weighted by atomic mass is 10.2. The summed E-state index contributed by atoms with van der Waals surface area (Å²) in [5.41, 5.74) is 0.908. The fraction of sp³-hybridized carbons (Fsp3) is 0.200. The van der Waals surface area contributed by atoms with Crippen LogP contribution in [0.1, 0.15) is 5.56 Å². The number of rotatable bonds is 6. The average Bonchev–Trinajstić information content (AvgIpc) is 2.49. The zero-order chi connectivity index (χ0) is 15.2. The van der Waals surface area contributed by atoms with Gasteiger partial charge in [-0.2, -0.15) is 0 Å². The third kappa shape index (κ3) is 3.49. The SMILES string of the molecule is CNCc1ccccc1Oc1ccc([N+](=O)[O-])c(OC)c1. The fourth-order valence-electron chi connectivity index (χ4n) is 1.94. The van der Waals surface area contributed by atoms with Gasteiger partial charge in [0.1, 0.15) is 11.5 Å². The smallest absolute Gasteiger partial charge is 0.311 e. The highest BCUT2D eigenvalue weighted by Gasteiger charge is 2.15. The van der Waals surface area contributed by atoms with E-state index in [9.17, 15) is 10.1 Å². The largest absolute Gasteiger partial charge is 0.490 e. The van der Waals surface area contributed by atoms with Gasteiger partial charge < -0.3 is 14.8 Å². The highest BCUT2D eigenvalue weighted by molar-refractivity contribution is 5.51. The van der Waals surface area contributed by atoms with Crippen molar-refractivity contribution >= 4 is 5.69 Å². The summed E-state index contributed by atoms with van der Waals surface area (Å²) < 4.78 is 10.8. The molecule has 0 radical (unpaired) electrons. The van der Waals surface area contributed by atoms with Gasteiger partial charge in [0, 0.05) is 24.2 Å². The highest BCUT2D eigenvalue weighted by atomic mass is 16.6. The Hall–Kier alpha value is -2.60. The number of nitrogens with zero attached hydrogens (tertiary/aromatic N) is 1. The van der Waals surface area contributed by atoms with E-state index in [1.807, 2.05) is 31.3 Å². The lowest BCUT2D eigenvalue weighted by Gasteiger charge is -2.11. The summed E-state index contributed by atoms with van der Waals surface area (Å²) in [7, 11) is 3.24. The van der Waals surface area contributed by atoms with E-state index in [1.54, 1.807) is 6.07 Å². The lowest BCUT2D eigenvalue weighted by Crippen LogP contribution is -2.06. The Kier molecular flexibility index (Phi) is 4.73. The number of methoxy groups -OCH3 is 1. The molecule has 1 N–H and O–H groups in total. The van der Waals surface area contributed by atoms with Crippen LogP contribution in [0, 0.1) is 10.1 Å². The Bertz CT molecular complexity index is 643. The van der Waals surface area contributed by atoms with Crippen molar-refractivity contribution < 1.29 is 14.4 Å². The highest BCUT2D eigenvalue weighted by Crippen LogP contribution is 2.33. The van der Waals surface area contributed by atoms with E-state index in [0.717, 1.165) is 5.56 Å². The van der Waals surface area contributed by atoms with Crippen LogP contribution in [-0.4, -0.2) is 19.1 Å². The molecule has 110 valence electrons. The first-order chi connectivity index (χ1) is 10.2. The molecule has 0 spiro atoms. The van der Waals surface area contributed by atoms with Crippen molar-refractivity contribution in [2.75, 3.05) is 14.2 Å². The summed E-state index contributed by atoms with van der Waals surface area (Å²) in [5.74, 6) is 1.35. The van der Waals surface area contributed by atoms with E-state index < -0.39 is 4.92 Å². The van der Waals surface area contributed by atoms with Crippen molar-refractivity contribution in [2.24, 2.45) is 0 Å². The molecule has 6 heteroatoms. The van der Waals surface area contributed by atoms with E-state index in [4.69, 9.17) is 9.47 Å².